The third kappa shape index (κ3) is 4.86. The maximum atomic E-state index is 12.9. The predicted molar refractivity (Wildman–Crippen MR) is 95.4 cm³/mol. The minimum atomic E-state index is 0.0504. The maximum Gasteiger partial charge on any atom is 0.242 e. The number of hydrogen-bond acceptors (Lipinski definition) is 2. The summed E-state index contributed by atoms with van der Waals surface area (Å²) < 4.78 is 2.05. The number of carbonyl (C=O) groups excluding carboxylic acids is 2. The molecule has 5 nitrogen and oxygen atoms in total. The van der Waals surface area contributed by atoms with Crippen LogP contribution in [0.15, 0.2) is 18.3 Å². The molecule has 1 saturated carbocycles. The summed E-state index contributed by atoms with van der Waals surface area (Å²) in [7, 11) is 2.00. The third-order valence-electron chi connectivity index (χ3n) is 4.69. The first-order valence-corrected chi connectivity index (χ1v) is 9.13. The molecule has 0 N–H and O–H groups in total. The molecule has 1 aliphatic carbocycles. The van der Waals surface area contributed by atoms with Gasteiger partial charge in [0.15, 0.2) is 0 Å². The van der Waals surface area contributed by atoms with Gasteiger partial charge < -0.3 is 14.4 Å². The van der Waals surface area contributed by atoms with Gasteiger partial charge in [-0.3, -0.25) is 9.59 Å². The molecule has 0 aliphatic heterocycles. The highest BCUT2D eigenvalue weighted by molar-refractivity contribution is 5.85. The number of amides is 2. The summed E-state index contributed by atoms with van der Waals surface area (Å²) in [6.07, 6.45) is 6.55. The molecule has 0 aromatic carbocycles. The van der Waals surface area contributed by atoms with Gasteiger partial charge in [0.05, 0.1) is 13.1 Å². The molecule has 0 atom stereocenters. The maximum absolute atomic E-state index is 12.9. The smallest absolute Gasteiger partial charge is 0.242 e. The lowest BCUT2D eigenvalue weighted by atomic mass is 10.2. The van der Waals surface area contributed by atoms with Crippen molar-refractivity contribution in [3.63, 3.8) is 0 Å². The Bertz CT molecular complexity index is 561. The first-order chi connectivity index (χ1) is 11.4. The van der Waals surface area contributed by atoms with E-state index in [9.17, 15) is 9.59 Å². The molecule has 0 radical (unpaired) electrons. The molecule has 0 bridgehead atoms. The fraction of sp³-hybridized carbons (Fsp3) is 0.684. The molecule has 0 saturated heterocycles. The van der Waals surface area contributed by atoms with Crippen LogP contribution in [0.3, 0.4) is 0 Å². The van der Waals surface area contributed by atoms with Gasteiger partial charge in [-0.2, -0.15) is 0 Å². The molecule has 2 rings (SSSR count). The molecular formula is C19H31N3O2. The van der Waals surface area contributed by atoms with Gasteiger partial charge in [-0.25, -0.2) is 0 Å². The average Bonchev–Trinajstić information content (AvgIpc) is 3.30. The van der Waals surface area contributed by atoms with Crippen LogP contribution in [0.2, 0.25) is 0 Å². The molecule has 1 aliphatic rings. The van der Waals surface area contributed by atoms with Crippen LogP contribution in [0.4, 0.5) is 0 Å². The number of hydrogen-bond donors (Lipinski definition) is 0. The molecule has 1 fully saturated rings. The van der Waals surface area contributed by atoms with Crippen LogP contribution in [-0.2, 0) is 23.2 Å². The van der Waals surface area contributed by atoms with Crippen molar-refractivity contribution in [2.24, 2.45) is 7.05 Å². The summed E-state index contributed by atoms with van der Waals surface area (Å²) in [5.74, 6) is 0.159. The molecule has 134 valence electrons. The quantitative estimate of drug-likeness (QED) is 0.697. The Morgan fingerprint density at radius 2 is 2.00 bits per heavy atom. The summed E-state index contributed by atoms with van der Waals surface area (Å²) in [6.45, 7) is 6.86. The number of unbranched alkanes of at least 4 members (excludes halogenated alkanes) is 1. The van der Waals surface area contributed by atoms with Gasteiger partial charge in [0.2, 0.25) is 11.8 Å². The second-order valence-electron chi connectivity index (χ2n) is 7.08. The minimum Gasteiger partial charge on any atom is -0.353 e. The van der Waals surface area contributed by atoms with E-state index in [1.54, 1.807) is 4.90 Å². The summed E-state index contributed by atoms with van der Waals surface area (Å²) in [5, 5.41) is 0. The van der Waals surface area contributed by atoms with Crippen molar-refractivity contribution in [3.8, 4) is 0 Å². The molecule has 0 unspecified atom stereocenters. The van der Waals surface area contributed by atoms with Gasteiger partial charge in [-0.05, 0) is 45.2 Å². The van der Waals surface area contributed by atoms with Crippen molar-refractivity contribution in [2.75, 3.05) is 6.54 Å². The molecular weight excluding hydrogens is 302 g/mol. The fourth-order valence-corrected chi connectivity index (χ4v) is 2.91. The molecule has 5 heteroatoms. The number of aryl methyl sites for hydroxylation is 1. The van der Waals surface area contributed by atoms with E-state index in [-0.39, 0.29) is 24.4 Å². The van der Waals surface area contributed by atoms with E-state index in [1.807, 2.05) is 38.1 Å². The monoisotopic (exact) mass is 333 g/mol. The van der Waals surface area contributed by atoms with E-state index in [2.05, 4.69) is 17.6 Å². The fourth-order valence-electron chi connectivity index (χ4n) is 2.91. The summed E-state index contributed by atoms with van der Waals surface area (Å²) in [4.78, 5) is 29.0. The molecule has 1 heterocycles. The first-order valence-electron chi connectivity index (χ1n) is 9.13. The normalized spacial score (nSPS) is 14.0. The lowest BCUT2D eigenvalue weighted by Gasteiger charge is -2.30. The van der Waals surface area contributed by atoms with E-state index in [4.69, 9.17) is 0 Å². The number of carbonyl (C=O) groups is 2. The lowest BCUT2D eigenvalue weighted by molar-refractivity contribution is -0.142. The largest absolute Gasteiger partial charge is 0.353 e. The van der Waals surface area contributed by atoms with E-state index in [0.29, 0.717) is 19.0 Å². The SMILES string of the molecule is CCCCC(=O)N(CC(=O)N(Cc1cccn1C)C1CC1)C(C)C. The zero-order chi connectivity index (χ0) is 17.7. The van der Waals surface area contributed by atoms with Crippen molar-refractivity contribution in [2.45, 2.75) is 71.5 Å². The predicted octanol–water partition coefficient (Wildman–Crippen LogP) is 2.94. The number of aromatic nitrogens is 1. The van der Waals surface area contributed by atoms with Gasteiger partial charge in [0.1, 0.15) is 0 Å². The van der Waals surface area contributed by atoms with Crippen LogP contribution in [0, 0.1) is 0 Å². The Hall–Kier alpha value is -1.78. The van der Waals surface area contributed by atoms with Crippen LogP contribution in [0.5, 0.6) is 0 Å². The van der Waals surface area contributed by atoms with Crippen molar-refractivity contribution in [1.29, 1.82) is 0 Å². The van der Waals surface area contributed by atoms with Crippen LogP contribution in [0.25, 0.3) is 0 Å². The average molecular weight is 333 g/mol. The lowest BCUT2D eigenvalue weighted by Crippen LogP contribution is -2.46. The first kappa shape index (κ1) is 18.6. The Morgan fingerprint density at radius 1 is 1.29 bits per heavy atom. The molecule has 2 amide bonds. The molecule has 24 heavy (non-hydrogen) atoms. The number of nitrogens with zero attached hydrogens (tertiary/aromatic N) is 3. The van der Waals surface area contributed by atoms with Gasteiger partial charge >= 0.3 is 0 Å². The van der Waals surface area contributed by atoms with Gasteiger partial charge in [0.25, 0.3) is 0 Å². The molecule has 1 aromatic rings. The second kappa shape index (κ2) is 8.36. The minimum absolute atomic E-state index is 0.0504. The van der Waals surface area contributed by atoms with E-state index in [1.165, 1.54) is 0 Å². The highest BCUT2D eigenvalue weighted by atomic mass is 16.2. The number of rotatable bonds is 9. The van der Waals surface area contributed by atoms with Crippen molar-refractivity contribution in [1.82, 2.24) is 14.4 Å². The van der Waals surface area contributed by atoms with Crippen LogP contribution < -0.4 is 0 Å². The van der Waals surface area contributed by atoms with Gasteiger partial charge in [-0.1, -0.05) is 13.3 Å². The van der Waals surface area contributed by atoms with Crippen molar-refractivity contribution < 1.29 is 9.59 Å². The van der Waals surface area contributed by atoms with Crippen LogP contribution >= 0.6 is 0 Å². The van der Waals surface area contributed by atoms with E-state index < -0.39 is 0 Å². The zero-order valence-corrected chi connectivity index (χ0v) is 15.5. The zero-order valence-electron chi connectivity index (χ0n) is 15.5. The molecule has 1 aromatic heterocycles. The van der Waals surface area contributed by atoms with Gasteiger partial charge in [-0.15, -0.1) is 0 Å². The highest BCUT2D eigenvalue weighted by Gasteiger charge is 2.34. The van der Waals surface area contributed by atoms with E-state index >= 15 is 0 Å². The van der Waals surface area contributed by atoms with Crippen molar-refractivity contribution in [3.05, 3.63) is 24.0 Å². The van der Waals surface area contributed by atoms with Crippen LogP contribution in [0.1, 0.15) is 58.6 Å². The third-order valence-corrected chi connectivity index (χ3v) is 4.69. The second-order valence-corrected chi connectivity index (χ2v) is 7.08. The van der Waals surface area contributed by atoms with Crippen LogP contribution in [-0.4, -0.2) is 44.8 Å². The summed E-state index contributed by atoms with van der Waals surface area (Å²) in [6, 6.07) is 4.44. The summed E-state index contributed by atoms with van der Waals surface area (Å²) >= 11 is 0. The van der Waals surface area contributed by atoms with Gasteiger partial charge in [0, 0.05) is 37.4 Å². The Labute approximate surface area is 145 Å². The van der Waals surface area contributed by atoms with E-state index in [0.717, 1.165) is 31.4 Å². The highest BCUT2D eigenvalue weighted by Crippen LogP contribution is 2.28. The summed E-state index contributed by atoms with van der Waals surface area (Å²) in [5.41, 5.74) is 1.13. The Kier molecular flexibility index (Phi) is 6.46. The van der Waals surface area contributed by atoms with Crippen molar-refractivity contribution >= 4 is 11.8 Å². The standard InChI is InChI=1S/C19H31N3O2/c1-5-6-9-18(23)21(15(2)3)14-19(24)22(16-10-11-16)13-17-8-7-12-20(17)4/h7-8,12,15-16H,5-6,9-11,13-14H2,1-4H3. The topological polar surface area (TPSA) is 45.6 Å². The Balaban J connectivity index is 2.02. The Morgan fingerprint density at radius 3 is 2.50 bits per heavy atom. The molecule has 0 spiro atoms.